The van der Waals surface area contributed by atoms with E-state index in [1.54, 1.807) is 0 Å². The maximum atomic E-state index is 12.1. The largest absolute Gasteiger partial charge is 0.493 e. The van der Waals surface area contributed by atoms with Gasteiger partial charge in [-0.3, -0.25) is 4.79 Å². The van der Waals surface area contributed by atoms with Gasteiger partial charge in [0.05, 0.1) is 12.1 Å². The molecule has 0 aliphatic rings. The number of rotatable bonds is 10. The van der Waals surface area contributed by atoms with Gasteiger partial charge in [-0.05, 0) is 6.42 Å². The molecule has 7 nitrogen and oxygen atoms in total. The zero-order valence-corrected chi connectivity index (χ0v) is 16.3. The van der Waals surface area contributed by atoms with Crippen LogP contribution in [-0.2, 0) is 11.2 Å². The van der Waals surface area contributed by atoms with Crippen LogP contribution in [0.25, 0.3) is 17.2 Å². The molecule has 0 unspecified atom stereocenters. The number of aromatic hydroxyl groups is 1. The number of carbonyl (C=O) groups excluding carboxylic acids is 1. The van der Waals surface area contributed by atoms with Crippen LogP contribution in [0.4, 0.5) is 0 Å². The number of nitrogens with zero attached hydrogens (tertiary/aromatic N) is 4. The maximum absolute atomic E-state index is 12.1. The highest BCUT2D eigenvalue weighted by Crippen LogP contribution is 2.19. The van der Waals surface area contributed by atoms with Crippen molar-refractivity contribution in [1.82, 2.24) is 24.9 Å². The molecule has 0 saturated heterocycles. The van der Waals surface area contributed by atoms with Gasteiger partial charge in [0.1, 0.15) is 0 Å². The Bertz CT molecular complexity index is 908. The van der Waals surface area contributed by atoms with Crippen molar-refractivity contribution in [3.8, 4) is 17.3 Å². The Labute approximate surface area is 164 Å². The van der Waals surface area contributed by atoms with Crippen molar-refractivity contribution in [2.45, 2.75) is 51.9 Å². The number of hydrogen-bond acceptors (Lipinski definition) is 5. The monoisotopic (exact) mass is 381 g/mol. The van der Waals surface area contributed by atoms with E-state index in [9.17, 15) is 9.90 Å². The summed E-state index contributed by atoms with van der Waals surface area (Å²) in [5.74, 6) is 0.566. The fourth-order valence-electron chi connectivity index (χ4n) is 3.06. The van der Waals surface area contributed by atoms with Crippen molar-refractivity contribution in [3.05, 3.63) is 42.1 Å². The molecule has 148 valence electrons. The topological polar surface area (TPSA) is 92.4 Å². The lowest BCUT2D eigenvalue weighted by molar-refractivity contribution is -0.120. The summed E-state index contributed by atoms with van der Waals surface area (Å²) in [4.78, 5) is 20.9. The van der Waals surface area contributed by atoms with Crippen molar-refractivity contribution in [2.24, 2.45) is 0 Å². The molecule has 0 aliphatic heterocycles. The van der Waals surface area contributed by atoms with Crippen molar-refractivity contribution in [3.63, 3.8) is 0 Å². The number of nitrogens with one attached hydrogen (secondary N) is 1. The summed E-state index contributed by atoms with van der Waals surface area (Å²) in [7, 11) is 0. The number of benzene rings is 1. The van der Waals surface area contributed by atoms with Gasteiger partial charge < -0.3 is 10.4 Å². The molecule has 0 bridgehead atoms. The number of unbranched alkanes of at least 4 members (excludes halogenated alkanes) is 5. The summed E-state index contributed by atoms with van der Waals surface area (Å²) in [6, 6.07) is 10.9. The Kier molecular flexibility index (Phi) is 6.94. The van der Waals surface area contributed by atoms with Crippen LogP contribution in [0.15, 0.2) is 36.4 Å². The third-order valence-electron chi connectivity index (χ3n) is 4.57. The number of amides is 1. The van der Waals surface area contributed by atoms with E-state index < -0.39 is 0 Å². The van der Waals surface area contributed by atoms with E-state index in [1.165, 1.54) is 36.3 Å². The van der Waals surface area contributed by atoms with E-state index >= 15 is 0 Å². The second kappa shape index (κ2) is 9.82. The summed E-state index contributed by atoms with van der Waals surface area (Å²) in [6.45, 7) is 2.87. The number of hydrogen-bond donors (Lipinski definition) is 2. The van der Waals surface area contributed by atoms with E-state index in [-0.39, 0.29) is 24.0 Å². The lowest BCUT2D eigenvalue weighted by Crippen LogP contribution is -2.26. The smallest absolute Gasteiger partial charge is 0.256 e. The Morgan fingerprint density at radius 1 is 1.07 bits per heavy atom. The number of fused-ring (bicyclic) bond motifs is 1. The molecule has 28 heavy (non-hydrogen) atoms. The number of aromatic nitrogens is 4. The van der Waals surface area contributed by atoms with Gasteiger partial charge >= 0.3 is 0 Å². The van der Waals surface area contributed by atoms with Crippen molar-refractivity contribution >= 4 is 11.7 Å². The van der Waals surface area contributed by atoms with E-state index in [4.69, 9.17) is 0 Å². The summed E-state index contributed by atoms with van der Waals surface area (Å²) in [6.07, 6.45) is 7.21. The normalized spacial score (nSPS) is 11.0. The summed E-state index contributed by atoms with van der Waals surface area (Å²) >= 11 is 0. The first-order valence-electron chi connectivity index (χ1n) is 9.95. The van der Waals surface area contributed by atoms with Crippen LogP contribution in [0.5, 0.6) is 5.88 Å². The van der Waals surface area contributed by atoms with E-state index in [2.05, 4.69) is 27.3 Å². The van der Waals surface area contributed by atoms with Crippen molar-refractivity contribution < 1.29 is 9.90 Å². The average molecular weight is 381 g/mol. The third kappa shape index (κ3) is 5.28. The summed E-state index contributed by atoms with van der Waals surface area (Å²) in [5, 5.41) is 17.4. The second-order valence-electron chi connectivity index (χ2n) is 6.91. The molecule has 0 aliphatic carbocycles. The molecule has 0 saturated carbocycles. The quantitative estimate of drug-likeness (QED) is 0.524. The van der Waals surface area contributed by atoms with Gasteiger partial charge in [-0.2, -0.15) is 9.50 Å². The zero-order chi connectivity index (χ0) is 19.8. The van der Waals surface area contributed by atoms with Crippen LogP contribution in [0.2, 0.25) is 0 Å². The first-order valence-corrected chi connectivity index (χ1v) is 9.95. The SMILES string of the molecule is CCCCCCCCNC(=O)Cc1cc(O)n2nc(-c3ccccc3)nc2n1. The van der Waals surface area contributed by atoms with Crippen LogP contribution in [0.1, 0.15) is 51.1 Å². The third-order valence-corrected chi connectivity index (χ3v) is 4.57. The highest BCUT2D eigenvalue weighted by atomic mass is 16.3. The highest BCUT2D eigenvalue weighted by molar-refractivity contribution is 5.78. The van der Waals surface area contributed by atoms with E-state index in [0.29, 0.717) is 18.1 Å². The molecule has 7 heteroatoms. The van der Waals surface area contributed by atoms with Crippen LogP contribution in [-0.4, -0.2) is 37.1 Å². The molecule has 2 heterocycles. The van der Waals surface area contributed by atoms with Crippen LogP contribution >= 0.6 is 0 Å². The lowest BCUT2D eigenvalue weighted by atomic mass is 10.1. The molecule has 1 amide bonds. The molecule has 0 fully saturated rings. The molecule has 0 radical (unpaired) electrons. The predicted octanol–water partition coefficient (Wildman–Crippen LogP) is 3.52. The van der Waals surface area contributed by atoms with Gasteiger partial charge in [-0.15, -0.1) is 5.10 Å². The summed E-state index contributed by atoms with van der Waals surface area (Å²) in [5.41, 5.74) is 1.31. The van der Waals surface area contributed by atoms with Gasteiger partial charge in [0.25, 0.3) is 5.78 Å². The Morgan fingerprint density at radius 3 is 2.61 bits per heavy atom. The molecule has 0 atom stereocenters. The minimum Gasteiger partial charge on any atom is -0.493 e. The van der Waals surface area contributed by atoms with Gasteiger partial charge in [-0.1, -0.05) is 69.4 Å². The standard InChI is InChI=1S/C21H27N5O2/c1-2-3-4-5-6-10-13-22-18(27)14-17-15-19(28)26-21(23-17)24-20(25-26)16-11-8-7-9-12-16/h7-9,11-12,15,28H,2-6,10,13-14H2,1H3,(H,22,27). The second-order valence-corrected chi connectivity index (χ2v) is 6.91. The molecule has 0 spiro atoms. The Hall–Kier alpha value is -2.96. The molecular weight excluding hydrogens is 354 g/mol. The van der Waals surface area contributed by atoms with Crippen molar-refractivity contribution in [2.75, 3.05) is 6.54 Å². The number of carbonyl (C=O) groups is 1. The van der Waals surface area contributed by atoms with Gasteiger partial charge in [0, 0.05) is 18.2 Å². The van der Waals surface area contributed by atoms with Crippen LogP contribution < -0.4 is 5.32 Å². The van der Waals surface area contributed by atoms with Gasteiger partial charge in [-0.25, -0.2) is 4.98 Å². The zero-order valence-electron chi connectivity index (χ0n) is 16.3. The average Bonchev–Trinajstić information content (AvgIpc) is 3.13. The van der Waals surface area contributed by atoms with E-state index in [1.807, 2.05) is 30.3 Å². The first kappa shape index (κ1) is 19.8. The molecule has 2 N–H and O–H groups in total. The lowest BCUT2D eigenvalue weighted by Gasteiger charge is -2.06. The van der Waals surface area contributed by atoms with E-state index in [0.717, 1.165) is 18.4 Å². The highest BCUT2D eigenvalue weighted by Gasteiger charge is 2.13. The molecule has 3 aromatic rings. The molecule has 2 aromatic heterocycles. The van der Waals surface area contributed by atoms with Crippen LogP contribution in [0.3, 0.4) is 0 Å². The summed E-state index contributed by atoms with van der Waals surface area (Å²) < 4.78 is 1.28. The fourth-order valence-corrected chi connectivity index (χ4v) is 3.06. The predicted molar refractivity (Wildman–Crippen MR) is 108 cm³/mol. The fraction of sp³-hybridized carbons (Fsp3) is 0.429. The Morgan fingerprint density at radius 2 is 1.82 bits per heavy atom. The Balaban J connectivity index is 1.57. The van der Waals surface area contributed by atoms with Crippen LogP contribution in [0, 0.1) is 0 Å². The van der Waals surface area contributed by atoms with Gasteiger partial charge in [0.2, 0.25) is 11.8 Å². The first-order chi connectivity index (χ1) is 13.7. The minimum atomic E-state index is -0.104. The van der Waals surface area contributed by atoms with Gasteiger partial charge in [0.15, 0.2) is 5.82 Å². The minimum absolute atomic E-state index is 0.0848. The van der Waals surface area contributed by atoms with Crippen molar-refractivity contribution in [1.29, 1.82) is 0 Å². The maximum Gasteiger partial charge on any atom is 0.256 e. The molecule has 3 rings (SSSR count). The molecule has 1 aromatic carbocycles. The molecular formula is C21H27N5O2.